The number of esters is 5. The second-order valence-electron chi connectivity index (χ2n) is 24.0. The van der Waals surface area contributed by atoms with Crippen LogP contribution in [0.4, 0.5) is 4.79 Å². The van der Waals surface area contributed by atoms with Gasteiger partial charge in [0, 0.05) is 44.1 Å². The zero-order chi connectivity index (χ0) is 60.0. The zero-order valence-corrected chi connectivity index (χ0v) is 50.0. The number of hydrogen-bond acceptors (Lipinski definition) is 17. The Balaban J connectivity index is 1.19. The topological polar surface area (TPSA) is 226 Å². The molecule has 4 aromatic rings. The molecule has 1 amide bonds. The first kappa shape index (κ1) is 60.7. The summed E-state index contributed by atoms with van der Waals surface area (Å²) in [6.07, 6.45) is -12.1. The summed E-state index contributed by atoms with van der Waals surface area (Å²) in [5, 5.41) is 14.3. The molecule has 4 aromatic carbocycles. The van der Waals surface area contributed by atoms with Crippen LogP contribution >= 0.6 is 11.6 Å². The third kappa shape index (κ3) is 11.2. The normalized spacial score (nSPS) is 30.1. The van der Waals surface area contributed by atoms with Crippen LogP contribution in [-0.4, -0.2) is 140 Å². The van der Waals surface area contributed by atoms with Gasteiger partial charge in [-0.05, 0) is 65.9 Å². The molecule has 18 nitrogen and oxygen atoms in total. The third-order valence-corrected chi connectivity index (χ3v) is 20.6. The molecule has 20 heteroatoms. The van der Waals surface area contributed by atoms with Crippen molar-refractivity contribution >= 4 is 61.4 Å². The lowest BCUT2D eigenvalue weighted by atomic mass is 9.44. The summed E-state index contributed by atoms with van der Waals surface area (Å²) in [5.41, 5.74) is -5.85. The molecular weight excluding hydrogens is 1110 g/mol. The van der Waals surface area contributed by atoms with Crippen molar-refractivity contribution in [3.05, 3.63) is 149 Å². The summed E-state index contributed by atoms with van der Waals surface area (Å²) in [6, 6.07) is 32.6. The number of Topliss-reactive ketones (excluding diaryl/α,β-unsaturated/α-hetero) is 1. The van der Waals surface area contributed by atoms with Gasteiger partial charge in [0.1, 0.15) is 53.9 Å². The second kappa shape index (κ2) is 23.6. The smallest absolute Gasteiger partial charge is 0.412 e. The Morgan fingerprint density at radius 3 is 2.01 bits per heavy atom. The van der Waals surface area contributed by atoms with Gasteiger partial charge >= 0.3 is 35.9 Å². The van der Waals surface area contributed by atoms with Crippen LogP contribution in [0.25, 0.3) is 0 Å². The van der Waals surface area contributed by atoms with E-state index in [9.17, 15) is 24.3 Å². The molecule has 5 aliphatic rings. The Morgan fingerprint density at radius 1 is 0.819 bits per heavy atom. The Kier molecular flexibility index (Phi) is 17.3. The minimum atomic E-state index is -2.47. The Bertz CT molecular complexity index is 3140. The van der Waals surface area contributed by atoms with Crippen LogP contribution in [0.2, 0.25) is 19.6 Å². The van der Waals surface area contributed by atoms with Gasteiger partial charge < -0.3 is 47.7 Å². The number of ketones is 1. The van der Waals surface area contributed by atoms with Crippen LogP contribution in [0.1, 0.15) is 93.0 Å². The number of benzene rings is 4. The van der Waals surface area contributed by atoms with Gasteiger partial charge in [0.25, 0.3) is 0 Å². The number of halogens is 1. The summed E-state index contributed by atoms with van der Waals surface area (Å²) in [5.74, 6) is -7.16. The summed E-state index contributed by atoms with van der Waals surface area (Å²) < 4.78 is 56.3. The molecule has 3 aliphatic carbocycles. The number of carbonyl (C=O) groups excluding carboxylic acids is 7. The Morgan fingerprint density at radius 2 is 1.45 bits per heavy atom. The van der Waals surface area contributed by atoms with Gasteiger partial charge in [0.15, 0.2) is 23.6 Å². The molecular formula is C63H72ClNO17Si. The van der Waals surface area contributed by atoms with Gasteiger partial charge in [-0.15, -0.1) is 11.6 Å². The van der Waals surface area contributed by atoms with E-state index in [1.165, 1.54) is 24.0 Å². The van der Waals surface area contributed by atoms with Gasteiger partial charge in [0.2, 0.25) is 0 Å². The number of aliphatic hydroxyl groups is 1. The largest absolute Gasteiger partial charge is 0.497 e. The lowest BCUT2D eigenvalue weighted by Crippen LogP contribution is -2.82. The van der Waals surface area contributed by atoms with E-state index < -0.39 is 139 Å². The van der Waals surface area contributed by atoms with E-state index in [1.807, 2.05) is 42.5 Å². The number of nitrogens with zero attached hydrogens (tertiary/aromatic N) is 1. The first-order chi connectivity index (χ1) is 39.3. The van der Waals surface area contributed by atoms with Gasteiger partial charge in [-0.25, -0.2) is 14.4 Å². The van der Waals surface area contributed by atoms with Crippen molar-refractivity contribution in [2.75, 3.05) is 26.2 Å². The van der Waals surface area contributed by atoms with Crippen LogP contribution in [0.3, 0.4) is 0 Å². The van der Waals surface area contributed by atoms with Crippen LogP contribution < -0.4 is 4.74 Å². The van der Waals surface area contributed by atoms with E-state index in [2.05, 4.69) is 19.6 Å². The standard InChI is InChI=1S/C63H72ClNO17Si/c1-36-44(78-58(71)53-51(41-22-16-12-17-23-41)65(48(80-53)30-39-26-28-43(74-7)29-27-39)59(72)75-34-45(83(8,9)10)40-20-14-11-15-21-40)32-63(73)56(81-57(70)42-24-18-13-19-25-42)54-61(6,55(69)52(77-37(2)66)50(36)60(63,4)5)46(79-49(68)33-64)31-47-62(54,35-76-47)82-38(3)67/h11-29,44-48,51-54,56,73H,30-35H2,1-10H3/t44-,45?,46-,47+,48?,51?,52?,53?,54?,56-,61+,62-,63+/m0/s1. The van der Waals surface area contributed by atoms with Gasteiger partial charge in [-0.3, -0.25) is 24.1 Å². The molecule has 2 saturated carbocycles. The SMILES string of the molecule is COc1ccc(CC2OC(C(=O)O[C@H]3C[C@@]4(O)[C@@H](OC(=O)c5ccccc5)C5[C@](C)(C(=O)C(OC(C)=O)C(=C3C)C4(C)C)[C@@H](OC(=O)CCl)C[C@H]3OC[C@@]53OC(C)=O)C(c3ccccc3)N2C(=O)OCC(c2ccccc2)[Si](C)(C)C)cc1. The van der Waals surface area contributed by atoms with Crippen LogP contribution in [0.15, 0.2) is 126 Å². The summed E-state index contributed by atoms with van der Waals surface area (Å²) >= 11 is 6.04. The maximum atomic E-state index is 16.3. The predicted molar refractivity (Wildman–Crippen MR) is 303 cm³/mol. The molecule has 2 saturated heterocycles. The van der Waals surface area contributed by atoms with Crippen molar-refractivity contribution in [2.45, 2.75) is 146 Å². The average Bonchev–Trinajstić information content (AvgIpc) is 1.87. The monoisotopic (exact) mass is 1180 g/mol. The third-order valence-electron chi connectivity index (χ3n) is 17.8. The molecule has 4 fully saturated rings. The van der Waals surface area contributed by atoms with E-state index in [0.29, 0.717) is 11.3 Å². The highest BCUT2D eigenvalue weighted by Gasteiger charge is 2.79. The number of carbonyl (C=O) groups is 7. The second-order valence-corrected chi connectivity index (χ2v) is 29.7. The van der Waals surface area contributed by atoms with Gasteiger partial charge in [0.05, 0.1) is 45.3 Å². The maximum Gasteiger partial charge on any atom is 0.412 e. The van der Waals surface area contributed by atoms with Crippen molar-refractivity contribution in [2.24, 2.45) is 16.7 Å². The van der Waals surface area contributed by atoms with Crippen molar-refractivity contribution in [3.63, 3.8) is 0 Å². The van der Waals surface area contributed by atoms with E-state index >= 15 is 14.4 Å². The molecule has 9 rings (SSSR count). The Labute approximate surface area is 489 Å². The highest BCUT2D eigenvalue weighted by Crippen LogP contribution is 2.65. The summed E-state index contributed by atoms with van der Waals surface area (Å²) in [6.45, 7) is 14.7. The van der Waals surface area contributed by atoms with Crippen LogP contribution in [0.5, 0.6) is 5.75 Å². The van der Waals surface area contributed by atoms with E-state index in [0.717, 1.165) is 25.0 Å². The molecule has 6 unspecified atom stereocenters. The van der Waals surface area contributed by atoms with Crippen LogP contribution in [-0.2, 0) is 68.3 Å². The van der Waals surface area contributed by atoms with Crippen molar-refractivity contribution < 1.29 is 81.3 Å². The van der Waals surface area contributed by atoms with Crippen molar-refractivity contribution in [3.8, 4) is 5.75 Å². The molecule has 2 bridgehead atoms. The fourth-order valence-electron chi connectivity index (χ4n) is 13.5. The summed E-state index contributed by atoms with van der Waals surface area (Å²) in [4.78, 5) is 104. The first-order valence-electron chi connectivity index (χ1n) is 27.8. The van der Waals surface area contributed by atoms with Crippen molar-refractivity contribution in [1.82, 2.24) is 4.90 Å². The minimum Gasteiger partial charge on any atom is -0.497 e. The fourth-order valence-corrected chi connectivity index (χ4v) is 15.3. The molecule has 13 atom stereocenters. The highest BCUT2D eigenvalue weighted by atomic mass is 35.5. The number of rotatable bonds is 16. The Hall–Kier alpha value is -6.90. The average molecular weight is 1180 g/mol. The molecule has 0 radical (unpaired) electrons. The molecule has 83 heavy (non-hydrogen) atoms. The van der Waals surface area contributed by atoms with Gasteiger partial charge in [-0.1, -0.05) is 124 Å². The fraction of sp³-hybridized carbons (Fsp3) is 0.476. The number of methoxy groups -OCH3 is 1. The molecule has 2 heterocycles. The lowest BCUT2D eigenvalue weighted by Gasteiger charge is -2.67. The zero-order valence-electron chi connectivity index (χ0n) is 48.3. The number of alkyl halides is 1. The van der Waals surface area contributed by atoms with Crippen LogP contribution in [0, 0.1) is 16.7 Å². The highest BCUT2D eigenvalue weighted by molar-refractivity contribution is 6.77. The predicted octanol–water partition coefficient (Wildman–Crippen LogP) is 8.81. The number of fused-ring (bicyclic) bond motifs is 5. The number of amides is 1. The molecule has 442 valence electrons. The number of ether oxygens (including phenoxy) is 9. The van der Waals surface area contributed by atoms with E-state index in [1.54, 1.807) is 88.5 Å². The first-order valence-corrected chi connectivity index (χ1v) is 31.9. The van der Waals surface area contributed by atoms with E-state index in [-0.39, 0.29) is 48.3 Å². The number of hydrogen-bond donors (Lipinski definition) is 1. The molecule has 1 N–H and O–H groups in total. The van der Waals surface area contributed by atoms with Crippen molar-refractivity contribution in [1.29, 1.82) is 0 Å². The van der Waals surface area contributed by atoms with Gasteiger partial charge in [-0.2, -0.15) is 0 Å². The van der Waals surface area contributed by atoms with E-state index in [4.69, 9.17) is 54.2 Å². The molecule has 0 spiro atoms. The summed E-state index contributed by atoms with van der Waals surface area (Å²) in [7, 11) is -0.509. The minimum absolute atomic E-state index is 0.00877. The maximum absolute atomic E-state index is 16.3. The molecule has 2 aliphatic heterocycles. The molecule has 0 aromatic heterocycles. The quantitative estimate of drug-likeness (QED) is 0.0363. The lowest BCUT2D eigenvalue weighted by molar-refractivity contribution is -0.346.